The molecule has 1 atom stereocenters. The minimum atomic E-state index is -0.217. The van der Waals surface area contributed by atoms with Crippen LogP contribution in [0.15, 0.2) is 60.7 Å². The maximum atomic E-state index is 12.5. The van der Waals surface area contributed by atoms with E-state index in [1.165, 1.54) is 0 Å². The molecule has 4 nitrogen and oxygen atoms in total. The van der Waals surface area contributed by atoms with Gasteiger partial charge in [0.05, 0.1) is 18.7 Å². The maximum Gasteiger partial charge on any atom is 0.270 e. The number of hydrogen-bond donors (Lipinski definition) is 1. The average Bonchev–Trinajstić information content (AvgIpc) is 2.61. The number of nitrogens with zero attached hydrogens (tertiary/aromatic N) is 1. The van der Waals surface area contributed by atoms with Gasteiger partial charge in [0.25, 0.3) is 5.91 Å². The van der Waals surface area contributed by atoms with E-state index in [2.05, 4.69) is 10.3 Å². The second kappa shape index (κ2) is 6.48. The van der Waals surface area contributed by atoms with Crippen molar-refractivity contribution in [2.24, 2.45) is 0 Å². The number of fused-ring (bicyclic) bond motifs is 1. The molecule has 0 fully saturated rings. The summed E-state index contributed by atoms with van der Waals surface area (Å²) in [5.41, 5.74) is 2.14. The van der Waals surface area contributed by atoms with E-state index >= 15 is 0 Å². The summed E-state index contributed by atoms with van der Waals surface area (Å²) in [4.78, 5) is 16.9. The molecule has 3 rings (SSSR count). The van der Waals surface area contributed by atoms with Crippen LogP contribution in [0.25, 0.3) is 10.9 Å². The van der Waals surface area contributed by atoms with Crippen LogP contribution in [-0.4, -0.2) is 18.0 Å². The third-order valence-corrected chi connectivity index (χ3v) is 3.78. The van der Waals surface area contributed by atoms with E-state index in [9.17, 15) is 4.79 Å². The zero-order chi connectivity index (χ0) is 16.2. The number of ether oxygens (including phenoxy) is 1. The Bertz CT molecular complexity index is 831. The largest absolute Gasteiger partial charge is 0.496 e. The summed E-state index contributed by atoms with van der Waals surface area (Å²) in [7, 11) is 1.59. The number of pyridine rings is 1. The first-order valence-corrected chi connectivity index (χ1v) is 7.48. The van der Waals surface area contributed by atoms with Gasteiger partial charge in [-0.1, -0.05) is 42.5 Å². The Balaban J connectivity index is 1.89. The van der Waals surface area contributed by atoms with Gasteiger partial charge in [0, 0.05) is 11.5 Å². The third-order valence-electron chi connectivity index (χ3n) is 3.78. The first kappa shape index (κ1) is 15.0. The fourth-order valence-electron chi connectivity index (χ4n) is 2.52. The van der Waals surface area contributed by atoms with Crippen LogP contribution in [0, 0.1) is 0 Å². The number of benzene rings is 2. The van der Waals surface area contributed by atoms with E-state index in [0.717, 1.165) is 16.5 Å². The van der Waals surface area contributed by atoms with Crippen LogP contribution in [0.3, 0.4) is 0 Å². The quantitative estimate of drug-likeness (QED) is 0.799. The number of rotatable bonds is 4. The predicted octanol–water partition coefficient (Wildman–Crippen LogP) is 3.73. The Morgan fingerprint density at radius 3 is 2.52 bits per heavy atom. The van der Waals surface area contributed by atoms with Crippen LogP contribution in [0.4, 0.5) is 0 Å². The van der Waals surface area contributed by atoms with E-state index in [1.54, 1.807) is 13.2 Å². The molecule has 0 saturated heterocycles. The van der Waals surface area contributed by atoms with Gasteiger partial charge >= 0.3 is 0 Å². The summed E-state index contributed by atoms with van der Waals surface area (Å²) >= 11 is 0. The number of aromatic nitrogens is 1. The molecule has 3 aromatic rings. The van der Waals surface area contributed by atoms with Gasteiger partial charge in [-0.05, 0) is 24.6 Å². The number of carbonyl (C=O) groups excluding carboxylic acids is 1. The van der Waals surface area contributed by atoms with Crippen molar-refractivity contribution in [3.05, 3.63) is 71.9 Å². The van der Waals surface area contributed by atoms with Gasteiger partial charge in [0.2, 0.25) is 0 Å². The molecule has 0 saturated carbocycles. The summed E-state index contributed by atoms with van der Waals surface area (Å²) < 4.78 is 5.39. The van der Waals surface area contributed by atoms with Crippen molar-refractivity contribution in [2.75, 3.05) is 7.11 Å². The average molecular weight is 306 g/mol. The smallest absolute Gasteiger partial charge is 0.270 e. The Morgan fingerprint density at radius 1 is 1.09 bits per heavy atom. The minimum Gasteiger partial charge on any atom is -0.496 e. The number of carbonyl (C=O) groups is 1. The molecular formula is C19H18N2O2. The standard InChI is InChI=1S/C19H18N2O2/c1-13(14-8-4-3-5-9-14)20-19(22)17-12-18(23-2)15-10-6-7-11-16(15)21-17/h3-13H,1-2H3,(H,20,22). The Morgan fingerprint density at radius 2 is 1.78 bits per heavy atom. The van der Waals surface area contributed by atoms with Crippen molar-refractivity contribution in [1.29, 1.82) is 0 Å². The first-order chi connectivity index (χ1) is 11.2. The number of hydrogen-bond acceptors (Lipinski definition) is 3. The van der Waals surface area contributed by atoms with E-state index in [-0.39, 0.29) is 11.9 Å². The second-order valence-corrected chi connectivity index (χ2v) is 5.33. The van der Waals surface area contributed by atoms with Crippen LogP contribution in [0.5, 0.6) is 5.75 Å². The molecule has 116 valence electrons. The van der Waals surface area contributed by atoms with Gasteiger partial charge in [-0.15, -0.1) is 0 Å². The highest BCUT2D eigenvalue weighted by Gasteiger charge is 2.15. The molecule has 0 spiro atoms. The molecule has 0 aliphatic rings. The molecule has 4 heteroatoms. The van der Waals surface area contributed by atoms with Crippen molar-refractivity contribution in [2.45, 2.75) is 13.0 Å². The molecule has 2 aromatic carbocycles. The molecule has 1 unspecified atom stereocenters. The van der Waals surface area contributed by atoms with Gasteiger partial charge in [-0.25, -0.2) is 4.98 Å². The number of para-hydroxylation sites is 1. The summed E-state index contributed by atoms with van der Waals surface area (Å²) in [6, 6.07) is 19.0. The molecule has 23 heavy (non-hydrogen) atoms. The molecule has 0 aliphatic carbocycles. The predicted molar refractivity (Wildman–Crippen MR) is 90.6 cm³/mol. The lowest BCUT2D eigenvalue weighted by Gasteiger charge is -2.15. The van der Waals surface area contributed by atoms with Crippen molar-refractivity contribution >= 4 is 16.8 Å². The van der Waals surface area contributed by atoms with Crippen molar-refractivity contribution < 1.29 is 9.53 Å². The highest BCUT2D eigenvalue weighted by molar-refractivity contribution is 5.97. The van der Waals surface area contributed by atoms with E-state index in [4.69, 9.17) is 4.74 Å². The highest BCUT2D eigenvalue weighted by Crippen LogP contribution is 2.25. The van der Waals surface area contributed by atoms with Gasteiger partial charge in [-0.2, -0.15) is 0 Å². The SMILES string of the molecule is COc1cc(C(=O)NC(C)c2ccccc2)nc2ccccc12. The van der Waals surface area contributed by atoms with Crippen LogP contribution >= 0.6 is 0 Å². The molecular weight excluding hydrogens is 288 g/mol. The van der Waals surface area contributed by atoms with Gasteiger partial charge in [0.15, 0.2) is 0 Å². The lowest BCUT2D eigenvalue weighted by atomic mass is 10.1. The molecule has 1 amide bonds. The fraction of sp³-hybridized carbons (Fsp3) is 0.158. The van der Waals surface area contributed by atoms with Crippen LogP contribution in [0.2, 0.25) is 0 Å². The van der Waals surface area contributed by atoms with Gasteiger partial charge in [-0.3, -0.25) is 4.79 Å². The molecule has 1 heterocycles. The Kier molecular flexibility index (Phi) is 4.24. The molecule has 0 aliphatic heterocycles. The van der Waals surface area contributed by atoms with E-state index in [1.807, 2.05) is 61.5 Å². The van der Waals surface area contributed by atoms with Crippen LogP contribution < -0.4 is 10.1 Å². The van der Waals surface area contributed by atoms with Gasteiger partial charge < -0.3 is 10.1 Å². The minimum absolute atomic E-state index is 0.0945. The first-order valence-electron chi connectivity index (χ1n) is 7.48. The summed E-state index contributed by atoms with van der Waals surface area (Å²) in [6.45, 7) is 1.95. The number of amides is 1. The van der Waals surface area contributed by atoms with E-state index < -0.39 is 0 Å². The monoisotopic (exact) mass is 306 g/mol. The van der Waals surface area contributed by atoms with Crippen molar-refractivity contribution in [1.82, 2.24) is 10.3 Å². The lowest BCUT2D eigenvalue weighted by Crippen LogP contribution is -2.27. The fourth-order valence-corrected chi connectivity index (χ4v) is 2.52. The second-order valence-electron chi connectivity index (χ2n) is 5.33. The lowest BCUT2D eigenvalue weighted by molar-refractivity contribution is 0.0935. The Labute approximate surface area is 135 Å². The normalized spacial score (nSPS) is 11.9. The summed E-state index contributed by atoms with van der Waals surface area (Å²) in [5.74, 6) is 0.429. The summed E-state index contributed by atoms with van der Waals surface area (Å²) in [5, 5.41) is 3.86. The molecule has 1 aromatic heterocycles. The highest BCUT2D eigenvalue weighted by atomic mass is 16.5. The van der Waals surface area contributed by atoms with E-state index in [0.29, 0.717) is 11.4 Å². The van der Waals surface area contributed by atoms with Gasteiger partial charge in [0.1, 0.15) is 11.4 Å². The zero-order valence-corrected chi connectivity index (χ0v) is 13.1. The summed E-state index contributed by atoms with van der Waals surface area (Å²) in [6.07, 6.45) is 0. The number of methoxy groups -OCH3 is 1. The third kappa shape index (κ3) is 3.16. The molecule has 1 N–H and O–H groups in total. The zero-order valence-electron chi connectivity index (χ0n) is 13.1. The maximum absolute atomic E-state index is 12.5. The van der Waals surface area contributed by atoms with Crippen molar-refractivity contribution in [3.8, 4) is 5.75 Å². The van der Waals surface area contributed by atoms with Crippen LogP contribution in [0.1, 0.15) is 29.0 Å². The molecule has 0 radical (unpaired) electrons. The number of nitrogens with one attached hydrogen (secondary N) is 1. The van der Waals surface area contributed by atoms with Crippen molar-refractivity contribution in [3.63, 3.8) is 0 Å². The Hall–Kier alpha value is -2.88. The van der Waals surface area contributed by atoms with Crippen LogP contribution in [-0.2, 0) is 0 Å². The molecule has 0 bridgehead atoms. The topological polar surface area (TPSA) is 51.2 Å².